The molecule has 5 rings (SSSR count). The number of pyridine rings is 1. The van der Waals surface area contributed by atoms with Gasteiger partial charge in [-0.2, -0.15) is 5.10 Å². The normalized spacial score (nSPS) is 13.3. The van der Waals surface area contributed by atoms with E-state index in [0.29, 0.717) is 22.9 Å². The molecule has 1 fully saturated rings. The molecule has 7 nitrogen and oxygen atoms in total. The summed E-state index contributed by atoms with van der Waals surface area (Å²) < 4.78 is 7.92. The first-order valence-corrected chi connectivity index (χ1v) is 10.6. The van der Waals surface area contributed by atoms with Gasteiger partial charge >= 0.3 is 0 Å². The summed E-state index contributed by atoms with van der Waals surface area (Å²) in [4.78, 5) is 18.4. The van der Waals surface area contributed by atoms with E-state index in [-0.39, 0.29) is 0 Å². The lowest BCUT2D eigenvalue weighted by Crippen LogP contribution is -2.17. The van der Waals surface area contributed by atoms with E-state index in [1.807, 2.05) is 18.2 Å². The molecule has 0 atom stereocenters. The minimum atomic E-state index is -0.502. The number of amides is 1. The molecule has 2 N–H and O–H groups in total. The van der Waals surface area contributed by atoms with Crippen molar-refractivity contribution in [2.45, 2.75) is 12.8 Å². The molecular formula is C25H23N5O2. The van der Waals surface area contributed by atoms with Crippen LogP contribution in [0.15, 0.2) is 79.1 Å². The van der Waals surface area contributed by atoms with Gasteiger partial charge in [0.25, 0.3) is 0 Å². The fraction of sp³-hybridized carbons (Fsp3) is 0.160. The van der Waals surface area contributed by atoms with Crippen LogP contribution in [0, 0.1) is 0 Å². The van der Waals surface area contributed by atoms with Crippen LogP contribution in [0.4, 0.5) is 5.69 Å². The van der Waals surface area contributed by atoms with Gasteiger partial charge in [-0.3, -0.25) is 4.79 Å². The monoisotopic (exact) mass is 425 g/mol. The van der Waals surface area contributed by atoms with Crippen molar-refractivity contribution in [3.8, 4) is 28.6 Å². The highest BCUT2D eigenvalue weighted by Gasteiger charge is 2.19. The van der Waals surface area contributed by atoms with Crippen LogP contribution in [0.5, 0.6) is 11.5 Å². The Kier molecular flexibility index (Phi) is 5.29. The van der Waals surface area contributed by atoms with Crippen LogP contribution < -0.4 is 15.4 Å². The number of rotatable bonds is 6. The van der Waals surface area contributed by atoms with Gasteiger partial charge in [0.1, 0.15) is 11.4 Å². The Balaban J connectivity index is 1.55. The summed E-state index contributed by atoms with van der Waals surface area (Å²) in [5.41, 5.74) is 8.75. The number of anilines is 1. The second kappa shape index (κ2) is 8.55. The number of hydrogen-bond donors (Lipinski definition) is 1. The van der Waals surface area contributed by atoms with Gasteiger partial charge in [0.05, 0.1) is 6.20 Å². The zero-order valence-corrected chi connectivity index (χ0v) is 17.5. The molecule has 1 amide bonds. The van der Waals surface area contributed by atoms with Crippen molar-refractivity contribution in [2.75, 3.05) is 18.0 Å². The molecule has 0 aliphatic carbocycles. The predicted octanol–water partition coefficient (Wildman–Crippen LogP) is 4.43. The average Bonchev–Trinajstić information content (AvgIpc) is 3.51. The Bertz CT molecular complexity index is 1230. The van der Waals surface area contributed by atoms with Crippen molar-refractivity contribution >= 4 is 11.6 Å². The maximum absolute atomic E-state index is 11.6. The van der Waals surface area contributed by atoms with Crippen molar-refractivity contribution in [3.63, 3.8) is 0 Å². The smallest absolute Gasteiger partial charge is 0.248 e. The summed E-state index contributed by atoms with van der Waals surface area (Å²) in [5, 5.41) is 4.54. The number of benzene rings is 2. The number of carbonyl (C=O) groups is 1. The van der Waals surface area contributed by atoms with Crippen molar-refractivity contribution in [3.05, 3.63) is 84.7 Å². The SMILES string of the molecule is NC(=O)c1cccc(Oc2cnn(-c3ccccn3)c2-c2ccc(N3CCCC3)cc2)c1. The van der Waals surface area contributed by atoms with Gasteiger partial charge in [-0.1, -0.05) is 24.3 Å². The van der Waals surface area contributed by atoms with Gasteiger partial charge in [0.2, 0.25) is 5.91 Å². The van der Waals surface area contributed by atoms with E-state index in [9.17, 15) is 4.79 Å². The van der Waals surface area contributed by atoms with Gasteiger partial charge in [-0.15, -0.1) is 0 Å². The topological polar surface area (TPSA) is 86.3 Å². The maximum atomic E-state index is 11.6. The van der Waals surface area contributed by atoms with Crippen LogP contribution in [0.1, 0.15) is 23.2 Å². The third-order valence-corrected chi connectivity index (χ3v) is 5.56. The Morgan fingerprint density at radius 2 is 1.78 bits per heavy atom. The zero-order chi connectivity index (χ0) is 21.9. The first-order valence-electron chi connectivity index (χ1n) is 10.6. The van der Waals surface area contributed by atoms with Crippen molar-refractivity contribution in [1.82, 2.24) is 14.8 Å². The van der Waals surface area contributed by atoms with Crippen molar-refractivity contribution < 1.29 is 9.53 Å². The van der Waals surface area contributed by atoms with Gasteiger partial charge in [0, 0.05) is 36.1 Å². The van der Waals surface area contributed by atoms with Crippen LogP contribution in [-0.2, 0) is 0 Å². The molecule has 0 radical (unpaired) electrons. The lowest BCUT2D eigenvalue weighted by atomic mass is 10.1. The fourth-order valence-electron chi connectivity index (χ4n) is 3.97. The molecule has 0 bridgehead atoms. The number of hydrogen-bond acceptors (Lipinski definition) is 5. The molecule has 2 aromatic heterocycles. The van der Waals surface area contributed by atoms with Gasteiger partial charge in [-0.05, 0) is 55.3 Å². The van der Waals surface area contributed by atoms with Crippen LogP contribution >= 0.6 is 0 Å². The summed E-state index contributed by atoms with van der Waals surface area (Å²) in [7, 11) is 0. The standard InChI is InChI=1S/C25H23N5O2/c26-25(31)19-6-5-7-21(16-19)32-22-17-28-30(23-8-1-2-13-27-23)24(22)18-9-11-20(12-10-18)29-14-3-4-15-29/h1-2,5-13,16-17H,3-4,14-15H2,(H2,26,31). The maximum Gasteiger partial charge on any atom is 0.248 e. The Morgan fingerprint density at radius 3 is 2.50 bits per heavy atom. The molecule has 3 heterocycles. The van der Waals surface area contributed by atoms with E-state index in [0.717, 1.165) is 24.3 Å². The van der Waals surface area contributed by atoms with Gasteiger partial charge in [-0.25, -0.2) is 9.67 Å². The molecular weight excluding hydrogens is 402 g/mol. The summed E-state index contributed by atoms with van der Waals surface area (Å²) in [6, 6.07) is 20.9. The number of ether oxygens (including phenoxy) is 1. The first kappa shape index (κ1) is 19.8. The van der Waals surface area contributed by atoms with Crippen LogP contribution in [0.2, 0.25) is 0 Å². The number of carbonyl (C=O) groups excluding carboxylic acids is 1. The Labute approximate surface area is 186 Å². The quantitative estimate of drug-likeness (QED) is 0.494. The lowest BCUT2D eigenvalue weighted by molar-refractivity contribution is 0.1000. The molecule has 160 valence electrons. The van der Waals surface area contributed by atoms with E-state index in [4.69, 9.17) is 10.5 Å². The van der Waals surface area contributed by atoms with Crippen LogP contribution in [0.3, 0.4) is 0 Å². The van der Waals surface area contributed by atoms with Crippen LogP contribution in [0.25, 0.3) is 17.1 Å². The van der Waals surface area contributed by atoms with E-state index in [2.05, 4.69) is 39.2 Å². The van der Waals surface area contributed by atoms with Gasteiger partial charge < -0.3 is 15.4 Å². The largest absolute Gasteiger partial charge is 0.453 e. The molecule has 0 spiro atoms. The molecule has 32 heavy (non-hydrogen) atoms. The summed E-state index contributed by atoms with van der Waals surface area (Å²) >= 11 is 0. The third-order valence-electron chi connectivity index (χ3n) is 5.56. The molecule has 7 heteroatoms. The number of nitrogens with two attached hydrogens (primary N) is 1. The summed E-state index contributed by atoms with van der Waals surface area (Å²) in [5.74, 6) is 1.26. The highest BCUT2D eigenvalue weighted by Crippen LogP contribution is 2.36. The number of nitrogens with zero attached hydrogens (tertiary/aromatic N) is 4. The Morgan fingerprint density at radius 1 is 0.969 bits per heavy atom. The highest BCUT2D eigenvalue weighted by atomic mass is 16.5. The van der Waals surface area contributed by atoms with Crippen LogP contribution in [-0.4, -0.2) is 33.8 Å². The minimum Gasteiger partial charge on any atom is -0.453 e. The Hall–Kier alpha value is -4.13. The van der Waals surface area contributed by atoms with Crippen molar-refractivity contribution in [2.24, 2.45) is 5.73 Å². The molecule has 0 saturated carbocycles. The van der Waals surface area contributed by atoms with E-state index in [1.54, 1.807) is 41.3 Å². The molecule has 2 aromatic carbocycles. The number of primary amides is 1. The molecule has 4 aromatic rings. The third kappa shape index (κ3) is 3.92. The van der Waals surface area contributed by atoms with E-state index < -0.39 is 5.91 Å². The molecule has 1 aliphatic heterocycles. The first-order chi connectivity index (χ1) is 15.7. The highest BCUT2D eigenvalue weighted by molar-refractivity contribution is 5.93. The van der Waals surface area contributed by atoms with Gasteiger partial charge in [0.15, 0.2) is 11.6 Å². The average molecular weight is 425 g/mol. The zero-order valence-electron chi connectivity index (χ0n) is 17.5. The minimum absolute atomic E-state index is 0.385. The van der Waals surface area contributed by atoms with E-state index in [1.165, 1.54) is 18.5 Å². The van der Waals surface area contributed by atoms with E-state index >= 15 is 0 Å². The lowest BCUT2D eigenvalue weighted by Gasteiger charge is -2.18. The van der Waals surface area contributed by atoms with Crippen molar-refractivity contribution in [1.29, 1.82) is 0 Å². The second-order valence-electron chi connectivity index (χ2n) is 7.69. The second-order valence-corrected chi connectivity index (χ2v) is 7.69. The number of aromatic nitrogens is 3. The predicted molar refractivity (Wildman–Crippen MR) is 123 cm³/mol. The molecule has 0 unspecified atom stereocenters. The molecule has 1 aliphatic rings. The summed E-state index contributed by atoms with van der Waals surface area (Å²) in [6.07, 6.45) is 5.86. The summed E-state index contributed by atoms with van der Waals surface area (Å²) in [6.45, 7) is 2.19. The fourth-order valence-corrected chi connectivity index (χ4v) is 3.97. The molecule has 1 saturated heterocycles.